The van der Waals surface area contributed by atoms with Crippen molar-refractivity contribution in [1.82, 2.24) is 10.3 Å². The molecule has 3 rings (SSSR count). The average Bonchev–Trinajstić information content (AvgIpc) is 2.99. The van der Waals surface area contributed by atoms with Gasteiger partial charge in [0.1, 0.15) is 0 Å². The molecule has 0 bridgehead atoms. The molecule has 5 heteroatoms. The highest BCUT2D eigenvalue weighted by molar-refractivity contribution is 5.91. The summed E-state index contributed by atoms with van der Waals surface area (Å²) in [5, 5.41) is 2.81. The van der Waals surface area contributed by atoms with Crippen LogP contribution in [0, 0.1) is 0 Å². The molecular weight excluding hydrogens is 268 g/mol. The van der Waals surface area contributed by atoms with Crippen molar-refractivity contribution in [2.75, 3.05) is 6.79 Å². The largest absolute Gasteiger partial charge is 0.454 e. The van der Waals surface area contributed by atoms with Crippen LogP contribution in [0.2, 0.25) is 0 Å². The first-order chi connectivity index (χ1) is 10.3. The Morgan fingerprint density at radius 3 is 3.00 bits per heavy atom. The lowest BCUT2D eigenvalue weighted by molar-refractivity contribution is -0.116. The van der Waals surface area contributed by atoms with Crippen LogP contribution in [-0.4, -0.2) is 17.7 Å². The van der Waals surface area contributed by atoms with Crippen LogP contribution in [-0.2, 0) is 11.3 Å². The number of rotatable bonds is 4. The Balaban J connectivity index is 1.55. The zero-order chi connectivity index (χ0) is 14.5. The SMILES string of the molecule is O=C(/C=C/c1ccccn1)NCc1ccc2c(c1)OCO2. The number of carbonyl (C=O) groups excluding carboxylic acids is 1. The number of amides is 1. The van der Waals surface area contributed by atoms with Gasteiger partial charge in [-0.2, -0.15) is 0 Å². The molecule has 1 aliphatic rings. The van der Waals surface area contributed by atoms with Gasteiger partial charge in [-0.3, -0.25) is 9.78 Å². The number of nitrogens with zero attached hydrogens (tertiary/aromatic N) is 1. The third-order valence-corrected chi connectivity index (χ3v) is 3.00. The zero-order valence-electron chi connectivity index (χ0n) is 11.3. The van der Waals surface area contributed by atoms with Crippen molar-refractivity contribution in [2.24, 2.45) is 0 Å². The summed E-state index contributed by atoms with van der Waals surface area (Å²) < 4.78 is 10.5. The summed E-state index contributed by atoms with van der Waals surface area (Å²) >= 11 is 0. The highest BCUT2D eigenvalue weighted by Crippen LogP contribution is 2.32. The number of benzene rings is 1. The van der Waals surface area contributed by atoms with Crippen molar-refractivity contribution < 1.29 is 14.3 Å². The van der Waals surface area contributed by atoms with Crippen LogP contribution in [0.3, 0.4) is 0 Å². The smallest absolute Gasteiger partial charge is 0.244 e. The van der Waals surface area contributed by atoms with E-state index in [1.54, 1.807) is 12.3 Å². The van der Waals surface area contributed by atoms with Gasteiger partial charge in [-0.25, -0.2) is 0 Å². The highest BCUT2D eigenvalue weighted by Gasteiger charge is 2.13. The Labute approximate surface area is 122 Å². The normalized spacial score (nSPS) is 12.6. The highest BCUT2D eigenvalue weighted by atomic mass is 16.7. The van der Waals surface area contributed by atoms with Gasteiger partial charge in [-0.1, -0.05) is 12.1 Å². The van der Waals surface area contributed by atoms with Crippen molar-refractivity contribution in [3.8, 4) is 11.5 Å². The van der Waals surface area contributed by atoms with Gasteiger partial charge in [0.05, 0.1) is 5.69 Å². The Morgan fingerprint density at radius 1 is 1.24 bits per heavy atom. The molecule has 0 radical (unpaired) electrons. The summed E-state index contributed by atoms with van der Waals surface area (Å²) in [6, 6.07) is 11.1. The molecule has 2 aromatic rings. The van der Waals surface area contributed by atoms with Gasteiger partial charge in [0, 0.05) is 18.8 Å². The molecule has 1 aromatic heterocycles. The van der Waals surface area contributed by atoms with Gasteiger partial charge < -0.3 is 14.8 Å². The third-order valence-electron chi connectivity index (χ3n) is 3.00. The quantitative estimate of drug-likeness (QED) is 0.873. The average molecular weight is 282 g/mol. The zero-order valence-corrected chi connectivity index (χ0v) is 11.3. The van der Waals surface area contributed by atoms with Gasteiger partial charge in [-0.15, -0.1) is 0 Å². The number of aromatic nitrogens is 1. The van der Waals surface area contributed by atoms with E-state index in [0.717, 1.165) is 17.0 Å². The number of nitrogens with one attached hydrogen (secondary N) is 1. The lowest BCUT2D eigenvalue weighted by Gasteiger charge is -2.04. The van der Waals surface area contributed by atoms with E-state index in [2.05, 4.69) is 10.3 Å². The number of pyridine rings is 1. The Kier molecular flexibility index (Phi) is 3.82. The molecule has 2 heterocycles. The second kappa shape index (κ2) is 6.09. The van der Waals surface area contributed by atoms with E-state index in [1.165, 1.54) is 6.08 Å². The third kappa shape index (κ3) is 3.39. The molecule has 0 saturated heterocycles. The fourth-order valence-corrected chi connectivity index (χ4v) is 1.93. The predicted octanol–water partition coefficient (Wildman–Crippen LogP) is 2.14. The molecule has 1 aromatic carbocycles. The van der Waals surface area contributed by atoms with E-state index in [1.807, 2.05) is 36.4 Å². The minimum absolute atomic E-state index is 0.168. The van der Waals surface area contributed by atoms with Gasteiger partial charge in [0.2, 0.25) is 12.7 Å². The van der Waals surface area contributed by atoms with Crippen LogP contribution >= 0.6 is 0 Å². The van der Waals surface area contributed by atoms with Crippen LogP contribution in [0.5, 0.6) is 11.5 Å². The van der Waals surface area contributed by atoms with E-state index in [0.29, 0.717) is 12.3 Å². The summed E-state index contributed by atoms with van der Waals surface area (Å²) in [6.45, 7) is 0.681. The van der Waals surface area contributed by atoms with E-state index >= 15 is 0 Å². The molecule has 0 spiro atoms. The first-order valence-electron chi connectivity index (χ1n) is 6.57. The van der Waals surface area contributed by atoms with Crippen molar-refractivity contribution in [3.05, 3.63) is 59.9 Å². The maximum absolute atomic E-state index is 11.7. The molecule has 5 nitrogen and oxygen atoms in total. The topological polar surface area (TPSA) is 60.5 Å². The number of hydrogen-bond acceptors (Lipinski definition) is 4. The van der Waals surface area contributed by atoms with Crippen LogP contribution < -0.4 is 14.8 Å². The molecule has 0 atom stereocenters. The summed E-state index contributed by atoms with van der Waals surface area (Å²) in [4.78, 5) is 15.9. The maximum Gasteiger partial charge on any atom is 0.244 e. The Bertz CT molecular complexity index is 668. The summed E-state index contributed by atoms with van der Waals surface area (Å²) in [5.74, 6) is 1.28. The lowest BCUT2D eigenvalue weighted by Crippen LogP contribution is -2.20. The van der Waals surface area contributed by atoms with E-state index in [9.17, 15) is 4.79 Å². The van der Waals surface area contributed by atoms with E-state index < -0.39 is 0 Å². The van der Waals surface area contributed by atoms with E-state index in [4.69, 9.17) is 9.47 Å². The summed E-state index contributed by atoms with van der Waals surface area (Å²) in [6.07, 6.45) is 4.83. The number of fused-ring (bicyclic) bond motifs is 1. The first kappa shape index (κ1) is 13.2. The molecule has 106 valence electrons. The first-order valence-corrected chi connectivity index (χ1v) is 6.57. The lowest BCUT2D eigenvalue weighted by atomic mass is 10.2. The minimum Gasteiger partial charge on any atom is -0.454 e. The molecule has 1 aliphatic heterocycles. The minimum atomic E-state index is -0.168. The Hall–Kier alpha value is -2.82. The number of hydrogen-bond donors (Lipinski definition) is 1. The van der Waals surface area contributed by atoms with E-state index in [-0.39, 0.29) is 12.7 Å². The maximum atomic E-state index is 11.7. The van der Waals surface area contributed by atoms with Crippen molar-refractivity contribution in [2.45, 2.75) is 6.54 Å². The van der Waals surface area contributed by atoms with Gasteiger partial charge in [0.15, 0.2) is 11.5 Å². The summed E-state index contributed by atoms with van der Waals surface area (Å²) in [5.41, 5.74) is 1.70. The van der Waals surface area contributed by atoms with Crippen LogP contribution in [0.25, 0.3) is 6.08 Å². The van der Waals surface area contributed by atoms with Gasteiger partial charge >= 0.3 is 0 Å². The molecule has 0 saturated carbocycles. The van der Waals surface area contributed by atoms with Gasteiger partial charge in [-0.05, 0) is 35.9 Å². The van der Waals surface area contributed by atoms with Crippen LogP contribution in [0.1, 0.15) is 11.3 Å². The molecular formula is C16H14N2O3. The van der Waals surface area contributed by atoms with Crippen LogP contribution in [0.15, 0.2) is 48.7 Å². The molecule has 1 amide bonds. The summed E-state index contributed by atoms with van der Waals surface area (Å²) in [7, 11) is 0. The standard InChI is InChI=1S/C16H14N2O3/c19-16(7-5-13-3-1-2-8-17-13)18-10-12-4-6-14-15(9-12)21-11-20-14/h1-9H,10-11H2,(H,18,19)/b7-5+. The number of ether oxygens (including phenoxy) is 2. The second-order valence-corrected chi connectivity index (χ2v) is 4.49. The van der Waals surface area contributed by atoms with Crippen molar-refractivity contribution in [1.29, 1.82) is 0 Å². The van der Waals surface area contributed by atoms with Gasteiger partial charge in [0.25, 0.3) is 0 Å². The predicted molar refractivity (Wildman–Crippen MR) is 77.7 cm³/mol. The molecule has 21 heavy (non-hydrogen) atoms. The second-order valence-electron chi connectivity index (χ2n) is 4.49. The Morgan fingerprint density at radius 2 is 2.14 bits per heavy atom. The molecule has 0 fully saturated rings. The molecule has 0 aliphatic carbocycles. The van der Waals surface area contributed by atoms with Crippen molar-refractivity contribution >= 4 is 12.0 Å². The van der Waals surface area contributed by atoms with Crippen LogP contribution in [0.4, 0.5) is 0 Å². The molecule has 1 N–H and O–H groups in total. The van der Waals surface area contributed by atoms with Crippen molar-refractivity contribution in [3.63, 3.8) is 0 Å². The molecule has 0 unspecified atom stereocenters. The number of carbonyl (C=O) groups is 1. The fraction of sp³-hybridized carbons (Fsp3) is 0.125. The fourth-order valence-electron chi connectivity index (χ4n) is 1.93. The monoisotopic (exact) mass is 282 g/mol.